The van der Waals surface area contributed by atoms with Gasteiger partial charge in [0, 0.05) is 37.6 Å². The molecule has 0 amide bonds. The highest BCUT2D eigenvalue weighted by Gasteiger charge is 2.33. The molecule has 8 nitrogen and oxygen atoms in total. The van der Waals surface area contributed by atoms with E-state index in [1.807, 2.05) is 32.6 Å². The lowest BCUT2D eigenvalue weighted by Crippen LogP contribution is -2.43. The van der Waals surface area contributed by atoms with Crippen molar-refractivity contribution in [2.75, 3.05) is 6.54 Å². The van der Waals surface area contributed by atoms with E-state index in [1.54, 1.807) is 10.9 Å². The molecule has 0 saturated heterocycles. The summed E-state index contributed by atoms with van der Waals surface area (Å²) >= 11 is 0. The van der Waals surface area contributed by atoms with Gasteiger partial charge in [0.15, 0.2) is 17.5 Å². The summed E-state index contributed by atoms with van der Waals surface area (Å²) in [5.74, 6) is 2.33. The molecule has 4 heterocycles. The van der Waals surface area contributed by atoms with Crippen LogP contribution >= 0.6 is 0 Å². The summed E-state index contributed by atoms with van der Waals surface area (Å²) in [5.41, 5.74) is 1.14. The Labute approximate surface area is 127 Å². The van der Waals surface area contributed by atoms with Gasteiger partial charge in [0.1, 0.15) is 6.10 Å². The van der Waals surface area contributed by atoms with Crippen LogP contribution in [0.25, 0.3) is 0 Å². The second-order valence-corrected chi connectivity index (χ2v) is 5.59. The van der Waals surface area contributed by atoms with Gasteiger partial charge in [-0.1, -0.05) is 5.16 Å². The van der Waals surface area contributed by atoms with E-state index in [-0.39, 0.29) is 12.1 Å². The van der Waals surface area contributed by atoms with Crippen molar-refractivity contribution < 1.29 is 4.84 Å². The van der Waals surface area contributed by atoms with Crippen LogP contribution < -0.4 is 5.32 Å². The zero-order valence-electron chi connectivity index (χ0n) is 12.5. The van der Waals surface area contributed by atoms with Crippen LogP contribution in [0, 0.1) is 0 Å². The molecule has 0 saturated carbocycles. The molecule has 0 aliphatic carbocycles. The van der Waals surface area contributed by atoms with Gasteiger partial charge in [-0.25, -0.2) is 4.99 Å². The Morgan fingerprint density at radius 2 is 2.32 bits per heavy atom. The number of aryl methyl sites for hydroxylation is 1. The Kier molecular flexibility index (Phi) is 2.95. The fourth-order valence-corrected chi connectivity index (χ4v) is 2.78. The van der Waals surface area contributed by atoms with Gasteiger partial charge in [0.2, 0.25) is 0 Å². The first-order chi connectivity index (χ1) is 10.7. The summed E-state index contributed by atoms with van der Waals surface area (Å²) in [6, 6.07) is 0.160. The van der Waals surface area contributed by atoms with Crippen molar-refractivity contribution in [2.45, 2.75) is 25.5 Å². The molecule has 2 atom stereocenters. The second-order valence-electron chi connectivity index (χ2n) is 5.59. The Morgan fingerprint density at radius 3 is 3.05 bits per heavy atom. The highest BCUT2D eigenvalue weighted by atomic mass is 16.6. The number of rotatable bonds is 1. The van der Waals surface area contributed by atoms with Crippen LogP contribution in [0.5, 0.6) is 0 Å². The maximum atomic E-state index is 5.20. The average molecular weight is 299 g/mol. The van der Waals surface area contributed by atoms with Gasteiger partial charge in [-0.15, -0.1) is 0 Å². The number of hydrogen-bond donors (Lipinski definition) is 1. The number of amidine groups is 3. The maximum Gasteiger partial charge on any atom is 0.174 e. The molecule has 0 aromatic carbocycles. The predicted octanol–water partition coefficient (Wildman–Crippen LogP) is 0.770. The molecule has 4 rings (SSSR count). The van der Waals surface area contributed by atoms with Gasteiger partial charge in [-0.05, 0) is 6.92 Å². The zero-order chi connectivity index (χ0) is 15.1. The van der Waals surface area contributed by atoms with Crippen molar-refractivity contribution in [3.8, 4) is 0 Å². The van der Waals surface area contributed by atoms with Gasteiger partial charge in [-0.3, -0.25) is 9.67 Å². The first kappa shape index (κ1) is 13.1. The third-order valence-electron chi connectivity index (χ3n) is 3.83. The topological polar surface area (TPSA) is 79.4 Å². The zero-order valence-corrected chi connectivity index (χ0v) is 12.5. The molecule has 0 radical (unpaired) electrons. The van der Waals surface area contributed by atoms with Crippen molar-refractivity contribution in [2.24, 2.45) is 22.2 Å². The first-order valence-corrected chi connectivity index (χ1v) is 7.26. The smallest absolute Gasteiger partial charge is 0.174 e. The monoisotopic (exact) mass is 299 g/mol. The summed E-state index contributed by atoms with van der Waals surface area (Å²) in [5, 5.41) is 11.5. The van der Waals surface area contributed by atoms with Crippen molar-refractivity contribution in [3.63, 3.8) is 0 Å². The minimum absolute atomic E-state index is 0.104. The van der Waals surface area contributed by atoms with Gasteiger partial charge in [0.25, 0.3) is 0 Å². The molecule has 2 unspecified atom stereocenters. The standard InChI is InChI=1S/C14H17N7O/c1-9-5-12(19-22-9)18-13-14-16-7-11(21(14)4-3-15-13)10-6-17-20(2)8-10/h3-4,6,8-9,11H,5,7H2,1-2H3,(H,15,18,19). The van der Waals surface area contributed by atoms with E-state index < -0.39 is 0 Å². The van der Waals surface area contributed by atoms with Crippen LogP contribution in [-0.2, 0) is 11.9 Å². The normalized spacial score (nSPS) is 26.3. The van der Waals surface area contributed by atoms with Crippen LogP contribution in [-0.4, -0.2) is 44.8 Å². The third-order valence-corrected chi connectivity index (χ3v) is 3.83. The van der Waals surface area contributed by atoms with Gasteiger partial charge in [0.05, 0.1) is 18.8 Å². The van der Waals surface area contributed by atoms with Crippen molar-refractivity contribution in [1.82, 2.24) is 20.0 Å². The molecule has 1 aromatic rings. The SMILES string of the molecule is CC1CC(NC2=NC=CN3C2=NCC3c2cnn(C)c2)=NO1. The van der Waals surface area contributed by atoms with E-state index in [4.69, 9.17) is 4.84 Å². The number of nitrogens with one attached hydrogen (secondary N) is 1. The van der Waals surface area contributed by atoms with Crippen LogP contribution in [0.15, 0.2) is 39.9 Å². The average Bonchev–Trinajstić information content (AvgIpc) is 3.19. The molecule has 114 valence electrons. The lowest BCUT2D eigenvalue weighted by Gasteiger charge is -2.26. The highest BCUT2D eigenvalue weighted by Crippen LogP contribution is 2.28. The Balaban J connectivity index is 1.53. The molecule has 0 bridgehead atoms. The summed E-state index contributed by atoms with van der Waals surface area (Å²) in [6.07, 6.45) is 8.48. The summed E-state index contributed by atoms with van der Waals surface area (Å²) < 4.78 is 1.81. The van der Waals surface area contributed by atoms with Crippen LogP contribution in [0.3, 0.4) is 0 Å². The van der Waals surface area contributed by atoms with E-state index in [0.717, 1.165) is 23.7 Å². The van der Waals surface area contributed by atoms with Gasteiger partial charge >= 0.3 is 0 Å². The number of nitrogens with zero attached hydrogens (tertiary/aromatic N) is 6. The summed E-state index contributed by atoms with van der Waals surface area (Å²) in [6.45, 7) is 2.67. The Hall–Kier alpha value is -2.64. The molecule has 3 aliphatic heterocycles. The molecule has 22 heavy (non-hydrogen) atoms. The first-order valence-electron chi connectivity index (χ1n) is 7.26. The van der Waals surface area contributed by atoms with E-state index >= 15 is 0 Å². The predicted molar refractivity (Wildman–Crippen MR) is 82.4 cm³/mol. The van der Waals surface area contributed by atoms with Crippen molar-refractivity contribution in [3.05, 3.63) is 30.4 Å². The van der Waals surface area contributed by atoms with Crippen LogP contribution in [0.1, 0.15) is 24.9 Å². The number of fused-ring (bicyclic) bond motifs is 1. The molecular formula is C14H17N7O. The number of hydrogen-bond acceptors (Lipinski definition) is 7. The van der Waals surface area contributed by atoms with E-state index in [9.17, 15) is 0 Å². The quantitative estimate of drug-likeness (QED) is 0.830. The van der Waals surface area contributed by atoms with E-state index in [0.29, 0.717) is 12.4 Å². The van der Waals surface area contributed by atoms with Crippen molar-refractivity contribution >= 4 is 17.5 Å². The molecule has 1 N–H and O–H groups in total. The summed E-state index contributed by atoms with van der Waals surface area (Å²) in [7, 11) is 1.92. The second kappa shape index (κ2) is 4.97. The Bertz CT molecular complexity index is 715. The minimum Gasteiger partial charge on any atom is -0.391 e. The summed E-state index contributed by atoms with van der Waals surface area (Å²) in [4.78, 5) is 16.3. The highest BCUT2D eigenvalue weighted by molar-refractivity contribution is 6.44. The molecular weight excluding hydrogens is 282 g/mol. The van der Waals surface area contributed by atoms with Crippen molar-refractivity contribution in [1.29, 1.82) is 0 Å². The largest absolute Gasteiger partial charge is 0.391 e. The minimum atomic E-state index is 0.104. The number of aliphatic imine (C=N–C) groups is 2. The fourth-order valence-electron chi connectivity index (χ4n) is 2.78. The Morgan fingerprint density at radius 1 is 1.41 bits per heavy atom. The molecule has 3 aliphatic rings. The van der Waals surface area contributed by atoms with Gasteiger partial charge < -0.3 is 15.1 Å². The van der Waals surface area contributed by atoms with E-state index in [1.165, 1.54) is 0 Å². The third kappa shape index (κ3) is 2.16. The maximum absolute atomic E-state index is 5.20. The molecule has 1 aromatic heterocycles. The number of aromatic nitrogens is 2. The van der Waals surface area contributed by atoms with Crippen LogP contribution in [0.4, 0.5) is 0 Å². The molecule has 0 spiro atoms. The van der Waals surface area contributed by atoms with Crippen LogP contribution in [0.2, 0.25) is 0 Å². The van der Waals surface area contributed by atoms with Gasteiger partial charge in [-0.2, -0.15) is 5.10 Å². The van der Waals surface area contributed by atoms with E-state index in [2.05, 4.69) is 30.5 Å². The molecule has 0 fully saturated rings. The number of oxime groups is 1. The molecule has 8 heteroatoms. The lowest BCUT2D eigenvalue weighted by molar-refractivity contribution is 0.0995. The fraction of sp³-hybridized carbons (Fsp3) is 0.429. The lowest BCUT2D eigenvalue weighted by atomic mass is 10.1.